The standard InChI is InChI=1S/C12H9NS.C3H3N3/c1-3-7-11-9(5-1)13-10-6-2-4-8-12(10)14-11;1-2-4-6-5-3-1/h1-8,13H;1-3H. The smallest absolute Gasteiger partial charge is 0.0529 e. The van der Waals surface area contributed by atoms with Crippen molar-refractivity contribution in [2.45, 2.75) is 9.79 Å². The Morgan fingerprint density at radius 1 is 0.700 bits per heavy atom. The van der Waals surface area contributed by atoms with Gasteiger partial charge in [-0.2, -0.15) is 0 Å². The van der Waals surface area contributed by atoms with E-state index in [-0.39, 0.29) is 0 Å². The number of fused-ring (bicyclic) bond motifs is 2. The van der Waals surface area contributed by atoms with Crippen LogP contribution < -0.4 is 5.32 Å². The van der Waals surface area contributed by atoms with Crippen LogP contribution in [0.4, 0.5) is 11.4 Å². The molecule has 1 aliphatic rings. The SMILES string of the molecule is c1ccc2c(c1)Nc1ccccc1S2.c1cnnnc1. The Labute approximate surface area is 121 Å². The molecule has 0 unspecified atom stereocenters. The number of anilines is 2. The maximum atomic E-state index is 3.42. The summed E-state index contributed by atoms with van der Waals surface area (Å²) in [6.07, 6.45) is 3.15. The van der Waals surface area contributed by atoms with E-state index in [1.54, 1.807) is 18.5 Å². The van der Waals surface area contributed by atoms with Crippen LogP contribution in [0.5, 0.6) is 0 Å². The van der Waals surface area contributed by atoms with Crippen LogP contribution in [0.25, 0.3) is 0 Å². The van der Waals surface area contributed by atoms with Crippen molar-refractivity contribution in [1.29, 1.82) is 0 Å². The van der Waals surface area contributed by atoms with Gasteiger partial charge in [-0.3, -0.25) is 0 Å². The number of hydrogen-bond acceptors (Lipinski definition) is 5. The van der Waals surface area contributed by atoms with Crippen LogP contribution in [0.1, 0.15) is 0 Å². The number of aromatic nitrogens is 3. The molecule has 4 nitrogen and oxygen atoms in total. The van der Waals surface area contributed by atoms with Crippen molar-refractivity contribution in [3.05, 3.63) is 67.0 Å². The summed E-state index contributed by atoms with van der Waals surface area (Å²) in [7, 11) is 0. The zero-order chi connectivity index (χ0) is 13.6. The molecule has 0 atom stereocenters. The first-order valence-electron chi connectivity index (χ1n) is 6.15. The minimum atomic E-state index is 1.20. The molecule has 4 rings (SSSR count). The van der Waals surface area contributed by atoms with Gasteiger partial charge in [0.05, 0.1) is 23.8 Å². The number of nitrogens with one attached hydrogen (secondary N) is 1. The van der Waals surface area contributed by atoms with Crippen molar-refractivity contribution in [1.82, 2.24) is 15.4 Å². The van der Waals surface area contributed by atoms with Gasteiger partial charge in [0.1, 0.15) is 0 Å². The summed E-state index contributed by atoms with van der Waals surface area (Å²) in [6.45, 7) is 0. The number of hydrogen-bond donors (Lipinski definition) is 1. The summed E-state index contributed by atoms with van der Waals surface area (Å²) in [5, 5.41) is 13.6. The molecular weight excluding hydrogens is 268 g/mol. The fourth-order valence-electron chi connectivity index (χ4n) is 1.79. The summed E-state index contributed by atoms with van der Waals surface area (Å²) < 4.78 is 0. The Balaban J connectivity index is 0.000000170. The van der Waals surface area contributed by atoms with Gasteiger partial charge in [-0.05, 0) is 35.5 Å². The van der Waals surface area contributed by atoms with Gasteiger partial charge >= 0.3 is 0 Å². The van der Waals surface area contributed by atoms with Crippen molar-refractivity contribution in [3.63, 3.8) is 0 Å². The molecule has 0 amide bonds. The zero-order valence-corrected chi connectivity index (χ0v) is 11.4. The lowest BCUT2D eigenvalue weighted by Crippen LogP contribution is -1.98. The van der Waals surface area contributed by atoms with Crippen LogP contribution >= 0.6 is 11.8 Å². The number of nitrogens with zero attached hydrogens (tertiary/aromatic N) is 3. The van der Waals surface area contributed by atoms with E-state index in [0.717, 1.165) is 0 Å². The van der Waals surface area contributed by atoms with Gasteiger partial charge < -0.3 is 5.32 Å². The third-order valence-electron chi connectivity index (χ3n) is 2.67. The molecule has 1 N–H and O–H groups in total. The van der Waals surface area contributed by atoms with E-state index >= 15 is 0 Å². The molecular formula is C15H12N4S. The monoisotopic (exact) mass is 280 g/mol. The average molecular weight is 280 g/mol. The molecule has 20 heavy (non-hydrogen) atoms. The lowest BCUT2D eigenvalue weighted by atomic mass is 10.2. The van der Waals surface area contributed by atoms with Gasteiger partial charge in [-0.25, -0.2) is 0 Å². The molecule has 5 heteroatoms. The van der Waals surface area contributed by atoms with Gasteiger partial charge in [0, 0.05) is 9.79 Å². The highest BCUT2D eigenvalue weighted by atomic mass is 32.2. The summed E-state index contributed by atoms with van der Waals surface area (Å²) in [5.41, 5.74) is 2.41. The van der Waals surface area contributed by atoms with E-state index in [2.05, 4.69) is 69.3 Å². The molecule has 0 saturated heterocycles. The second kappa shape index (κ2) is 6.16. The quantitative estimate of drug-likeness (QED) is 0.531. The highest BCUT2D eigenvalue weighted by molar-refractivity contribution is 7.99. The molecule has 1 aromatic heterocycles. The van der Waals surface area contributed by atoms with Crippen LogP contribution in [-0.2, 0) is 0 Å². The van der Waals surface area contributed by atoms with Crippen molar-refractivity contribution in [2.75, 3.05) is 5.32 Å². The molecule has 0 fully saturated rings. The highest BCUT2D eigenvalue weighted by Gasteiger charge is 2.13. The molecule has 1 aliphatic heterocycles. The van der Waals surface area contributed by atoms with Gasteiger partial charge in [-0.15, -0.1) is 10.2 Å². The fraction of sp³-hybridized carbons (Fsp3) is 0. The Bertz CT molecular complexity index is 574. The van der Waals surface area contributed by atoms with Crippen molar-refractivity contribution >= 4 is 23.1 Å². The molecule has 98 valence electrons. The summed E-state index contributed by atoms with van der Waals surface area (Å²) >= 11 is 1.82. The minimum absolute atomic E-state index is 1.20. The fourth-order valence-corrected chi connectivity index (χ4v) is 2.77. The normalized spacial score (nSPS) is 11.2. The Morgan fingerprint density at radius 2 is 1.25 bits per heavy atom. The van der Waals surface area contributed by atoms with E-state index in [4.69, 9.17) is 0 Å². The third kappa shape index (κ3) is 2.95. The Morgan fingerprint density at radius 3 is 1.70 bits per heavy atom. The second-order valence-corrected chi connectivity index (χ2v) is 5.11. The first-order valence-corrected chi connectivity index (χ1v) is 6.96. The van der Waals surface area contributed by atoms with Crippen LogP contribution in [0.15, 0.2) is 76.8 Å². The van der Waals surface area contributed by atoms with Gasteiger partial charge in [-0.1, -0.05) is 36.0 Å². The van der Waals surface area contributed by atoms with Crippen molar-refractivity contribution in [3.8, 4) is 0 Å². The Hall–Kier alpha value is -2.40. The molecule has 3 aromatic rings. The van der Waals surface area contributed by atoms with Crippen LogP contribution in [0.2, 0.25) is 0 Å². The molecule has 0 radical (unpaired) electrons. The van der Waals surface area contributed by atoms with E-state index in [1.165, 1.54) is 21.2 Å². The maximum Gasteiger partial charge on any atom is 0.0529 e. The summed E-state index contributed by atoms with van der Waals surface area (Å²) in [5.74, 6) is 0. The minimum Gasteiger partial charge on any atom is -0.354 e. The average Bonchev–Trinajstić information content (AvgIpc) is 2.55. The third-order valence-corrected chi connectivity index (χ3v) is 3.82. The van der Waals surface area contributed by atoms with E-state index in [1.807, 2.05) is 11.8 Å². The van der Waals surface area contributed by atoms with E-state index in [9.17, 15) is 0 Å². The maximum absolute atomic E-state index is 3.42. The predicted octanol–water partition coefficient (Wildman–Crippen LogP) is 3.77. The summed E-state index contributed by atoms with van der Waals surface area (Å²) in [4.78, 5) is 2.59. The first kappa shape index (κ1) is 12.6. The van der Waals surface area contributed by atoms with E-state index in [0.29, 0.717) is 0 Å². The lowest BCUT2D eigenvalue weighted by molar-refractivity contribution is 0.865. The molecule has 2 heterocycles. The van der Waals surface area contributed by atoms with Crippen LogP contribution in [0.3, 0.4) is 0 Å². The van der Waals surface area contributed by atoms with Crippen molar-refractivity contribution in [2.24, 2.45) is 0 Å². The zero-order valence-electron chi connectivity index (χ0n) is 10.6. The second-order valence-electron chi connectivity index (χ2n) is 4.03. The lowest BCUT2D eigenvalue weighted by Gasteiger charge is -2.19. The number of rotatable bonds is 0. The van der Waals surface area contributed by atoms with Gasteiger partial charge in [0.2, 0.25) is 0 Å². The first-order chi connectivity index (χ1) is 9.93. The molecule has 0 bridgehead atoms. The number of benzene rings is 2. The molecule has 2 aromatic carbocycles. The predicted molar refractivity (Wildman–Crippen MR) is 80.1 cm³/mol. The Kier molecular flexibility index (Phi) is 3.89. The van der Waals surface area contributed by atoms with E-state index < -0.39 is 0 Å². The van der Waals surface area contributed by atoms with Crippen molar-refractivity contribution < 1.29 is 0 Å². The topological polar surface area (TPSA) is 50.7 Å². The van der Waals surface area contributed by atoms with Crippen LogP contribution in [0, 0.1) is 0 Å². The van der Waals surface area contributed by atoms with Gasteiger partial charge in [0.15, 0.2) is 0 Å². The van der Waals surface area contributed by atoms with Crippen LogP contribution in [-0.4, -0.2) is 15.4 Å². The summed E-state index contributed by atoms with van der Waals surface area (Å²) in [6, 6.07) is 18.5. The molecule has 0 saturated carbocycles. The number of para-hydroxylation sites is 2. The highest BCUT2D eigenvalue weighted by Crippen LogP contribution is 2.43. The largest absolute Gasteiger partial charge is 0.354 e. The molecule has 0 aliphatic carbocycles. The molecule has 0 spiro atoms. The van der Waals surface area contributed by atoms with Gasteiger partial charge in [0.25, 0.3) is 0 Å².